The lowest BCUT2D eigenvalue weighted by molar-refractivity contribution is 0.253. The zero-order valence-corrected chi connectivity index (χ0v) is 16.9. The number of aliphatic imine (C=N–C) groups is 1. The molecule has 144 valence electrons. The van der Waals surface area contributed by atoms with Crippen LogP contribution in [0, 0.1) is 0 Å². The van der Waals surface area contributed by atoms with E-state index in [9.17, 15) is 0 Å². The van der Waals surface area contributed by atoms with E-state index in [2.05, 4.69) is 54.1 Å². The highest BCUT2D eigenvalue weighted by molar-refractivity contribution is 6.12. The van der Waals surface area contributed by atoms with Crippen molar-refractivity contribution in [1.82, 2.24) is 4.98 Å². The minimum atomic E-state index is -0.128. The maximum Gasteiger partial charge on any atom is 0.139 e. The standard InChI is InChI=1S/C22H31N5/c1-5-24-21(19-9-7-16-25-20(19)26(3)4)27(6-2)18-12-10-17(11-13-18)22(23)14-8-15-22/h7,9-13,16H,5-6,8,14-15,23H2,1-4H3/b24-21-. The van der Waals surface area contributed by atoms with Crippen LogP contribution in [0.15, 0.2) is 47.6 Å². The van der Waals surface area contributed by atoms with Gasteiger partial charge in [0.25, 0.3) is 0 Å². The molecule has 0 radical (unpaired) electrons. The van der Waals surface area contributed by atoms with Crippen LogP contribution in [-0.2, 0) is 5.54 Å². The van der Waals surface area contributed by atoms with Crippen molar-refractivity contribution in [2.75, 3.05) is 37.0 Å². The van der Waals surface area contributed by atoms with Crippen LogP contribution in [0.25, 0.3) is 0 Å². The molecule has 1 saturated carbocycles. The van der Waals surface area contributed by atoms with E-state index in [1.807, 2.05) is 31.3 Å². The molecule has 0 bridgehead atoms. The summed E-state index contributed by atoms with van der Waals surface area (Å²) in [5, 5.41) is 0. The first-order valence-electron chi connectivity index (χ1n) is 9.84. The van der Waals surface area contributed by atoms with E-state index in [-0.39, 0.29) is 5.54 Å². The number of pyridine rings is 1. The molecule has 0 amide bonds. The number of nitrogens with zero attached hydrogens (tertiary/aromatic N) is 4. The van der Waals surface area contributed by atoms with Gasteiger partial charge in [-0.2, -0.15) is 0 Å². The predicted molar refractivity (Wildman–Crippen MR) is 115 cm³/mol. The van der Waals surface area contributed by atoms with Crippen molar-refractivity contribution in [1.29, 1.82) is 0 Å². The van der Waals surface area contributed by atoms with Crippen molar-refractivity contribution in [3.8, 4) is 0 Å². The molecule has 1 fully saturated rings. The summed E-state index contributed by atoms with van der Waals surface area (Å²) in [5.74, 6) is 1.88. The minimum Gasteiger partial charge on any atom is -0.362 e. The Hall–Kier alpha value is -2.40. The number of amidine groups is 1. The van der Waals surface area contributed by atoms with Crippen LogP contribution in [0.2, 0.25) is 0 Å². The van der Waals surface area contributed by atoms with Crippen LogP contribution in [0.5, 0.6) is 0 Å². The highest BCUT2D eigenvalue weighted by Gasteiger charge is 2.34. The maximum absolute atomic E-state index is 6.48. The van der Waals surface area contributed by atoms with Crippen molar-refractivity contribution >= 4 is 17.3 Å². The summed E-state index contributed by atoms with van der Waals surface area (Å²) in [6.45, 7) is 5.77. The van der Waals surface area contributed by atoms with E-state index in [0.717, 1.165) is 48.8 Å². The summed E-state index contributed by atoms with van der Waals surface area (Å²) in [5.41, 5.74) is 9.77. The predicted octanol–water partition coefficient (Wildman–Crippen LogP) is 3.78. The largest absolute Gasteiger partial charge is 0.362 e. The van der Waals surface area contributed by atoms with E-state index in [1.54, 1.807) is 0 Å². The average molecular weight is 366 g/mol. The first kappa shape index (κ1) is 19.4. The molecule has 2 aromatic rings. The summed E-state index contributed by atoms with van der Waals surface area (Å²) in [7, 11) is 4.03. The number of anilines is 2. The molecule has 1 aromatic heterocycles. The molecule has 1 heterocycles. The molecule has 1 aliphatic rings. The van der Waals surface area contributed by atoms with Gasteiger partial charge in [-0.1, -0.05) is 12.1 Å². The van der Waals surface area contributed by atoms with Gasteiger partial charge in [0.05, 0.1) is 5.56 Å². The smallest absolute Gasteiger partial charge is 0.139 e. The van der Waals surface area contributed by atoms with Crippen molar-refractivity contribution in [2.24, 2.45) is 10.7 Å². The molecule has 5 nitrogen and oxygen atoms in total. The molecule has 0 atom stereocenters. The lowest BCUT2D eigenvalue weighted by Gasteiger charge is -2.39. The fourth-order valence-electron chi connectivity index (χ4n) is 3.67. The number of aromatic nitrogens is 1. The fraction of sp³-hybridized carbons (Fsp3) is 0.455. The van der Waals surface area contributed by atoms with E-state index >= 15 is 0 Å². The monoisotopic (exact) mass is 365 g/mol. The Morgan fingerprint density at radius 2 is 1.85 bits per heavy atom. The van der Waals surface area contributed by atoms with Crippen molar-refractivity contribution < 1.29 is 0 Å². The van der Waals surface area contributed by atoms with Gasteiger partial charge in [-0.15, -0.1) is 0 Å². The van der Waals surface area contributed by atoms with Crippen LogP contribution in [-0.4, -0.2) is 38.0 Å². The van der Waals surface area contributed by atoms with Crippen molar-refractivity contribution in [3.05, 3.63) is 53.7 Å². The SMILES string of the molecule is CC/N=C(/c1cccnc1N(C)C)N(CC)c1ccc(C2(N)CCC2)cc1. The third-order valence-corrected chi connectivity index (χ3v) is 5.33. The van der Waals surface area contributed by atoms with Gasteiger partial charge in [0.2, 0.25) is 0 Å². The van der Waals surface area contributed by atoms with Crippen LogP contribution in [0.3, 0.4) is 0 Å². The molecule has 5 heteroatoms. The third kappa shape index (κ3) is 3.83. The fourth-order valence-corrected chi connectivity index (χ4v) is 3.67. The van der Waals surface area contributed by atoms with Crippen molar-refractivity contribution in [2.45, 2.75) is 38.6 Å². The van der Waals surface area contributed by atoms with Gasteiger partial charge in [0.1, 0.15) is 11.7 Å². The zero-order valence-electron chi connectivity index (χ0n) is 16.9. The van der Waals surface area contributed by atoms with Gasteiger partial charge in [0.15, 0.2) is 0 Å². The average Bonchev–Trinajstić information content (AvgIpc) is 2.66. The summed E-state index contributed by atoms with van der Waals surface area (Å²) in [6.07, 6.45) is 5.20. The number of benzene rings is 1. The van der Waals surface area contributed by atoms with Crippen LogP contribution < -0.4 is 15.5 Å². The quantitative estimate of drug-likeness (QED) is 0.625. The Balaban J connectivity index is 1.98. The van der Waals surface area contributed by atoms with Gasteiger partial charge in [-0.25, -0.2) is 4.98 Å². The lowest BCUT2D eigenvalue weighted by Crippen LogP contribution is -2.43. The van der Waals surface area contributed by atoms with Gasteiger partial charge in [-0.3, -0.25) is 4.99 Å². The molecular formula is C22H31N5. The van der Waals surface area contributed by atoms with E-state index in [4.69, 9.17) is 10.7 Å². The molecule has 1 aromatic carbocycles. The number of nitrogens with two attached hydrogens (primary N) is 1. The Labute approximate surface area is 162 Å². The highest BCUT2D eigenvalue weighted by atomic mass is 15.2. The van der Waals surface area contributed by atoms with Gasteiger partial charge < -0.3 is 15.5 Å². The second kappa shape index (κ2) is 8.09. The number of rotatable bonds is 6. The molecule has 0 aliphatic heterocycles. The Morgan fingerprint density at radius 3 is 2.37 bits per heavy atom. The maximum atomic E-state index is 6.48. The van der Waals surface area contributed by atoms with Crippen molar-refractivity contribution in [3.63, 3.8) is 0 Å². The molecule has 0 spiro atoms. The normalized spacial score (nSPS) is 16.0. The summed E-state index contributed by atoms with van der Waals surface area (Å²) in [6, 6.07) is 12.8. The molecule has 0 saturated heterocycles. The summed E-state index contributed by atoms with van der Waals surface area (Å²) in [4.78, 5) is 13.7. The van der Waals surface area contributed by atoms with Gasteiger partial charge >= 0.3 is 0 Å². The van der Waals surface area contributed by atoms with Crippen LogP contribution in [0.1, 0.15) is 44.2 Å². The topological polar surface area (TPSA) is 57.8 Å². The molecule has 2 N–H and O–H groups in total. The van der Waals surface area contributed by atoms with Crippen LogP contribution >= 0.6 is 0 Å². The summed E-state index contributed by atoms with van der Waals surface area (Å²) >= 11 is 0. The number of hydrogen-bond acceptors (Lipinski definition) is 4. The highest BCUT2D eigenvalue weighted by Crippen LogP contribution is 2.39. The van der Waals surface area contributed by atoms with Gasteiger partial charge in [-0.05, 0) is 62.9 Å². The minimum absolute atomic E-state index is 0.128. The first-order valence-corrected chi connectivity index (χ1v) is 9.84. The third-order valence-electron chi connectivity index (χ3n) is 5.33. The Bertz CT molecular complexity index is 791. The molecule has 3 rings (SSSR count). The van der Waals surface area contributed by atoms with E-state index < -0.39 is 0 Å². The molecule has 0 unspecified atom stereocenters. The second-order valence-electron chi connectivity index (χ2n) is 7.37. The molecular weight excluding hydrogens is 334 g/mol. The molecule has 1 aliphatic carbocycles. The van der Waals surface area contributed by atoms with Crippen LogP contribution in [0.4, 0.5) is 11.5 Å². The number of hydrogen-bond donors (Lipinski definition) is 1. The van der Waals surface area contributed by atoms with Gasteiger partial charge in [0, 0.05) is 44.6 Å². The van der Waals surface area contributed by atoms with E-state index in [1.165, 1.54) is 12.0 Å². The molecule has 27 heavy (non-hydrogen) atoms. The Morgan fingerprint density at radius 1 is 1.15 bits per heavy atom. The first-order chi connectivity index (χ1) is 13.0. The summed E-state index contributed by atoms with van der Waals surface area (Å²) < 4.78 is 0. The Kier molecular flexibility index (Phi) is 5.80. The lowest BCUT2D eigenvalue weighted by atomic mass is 9.73. The van der Waals surface area contributed by atoms with E-state index in [0.29, 0.717) is 0 Å². The zero-order chi connectivity index (χ0) is 19.4. The second-order valence-corrected chi connectivity index (χ2v) is 7.37.